The summed E-state index contributed by atoms with van der Waals surface area (Å²) in [7, 11) is -3.56. The predicted molar refractivity (Wildman–Crippen MR) is 103 cm³/mol. The molecule has 0 amide bonds. The van der Waals surface area contributed by atoms with Crippen molar-refractivity contribution in [2.24, 2.45) is 0 Å². The molecule has 1 atom stereocenters. The molecule has 3 rings (SSSR count). The molecule has 1 aromatic carbocycles. The number of hydrogen-bond acceptors (Lipinski definition) is 4. The van der Waals surface area contributed by atoms with E-state index >= 15 is 0 Å². The number of sulfonamides is 1. The van der Waals surface area contributed by atoms with Crippen LogP contribution in [0.2, 0.25) is 5.02 Å². The van der Waals surface area contributed by atoms with Crippen LogP contribution in [-0.2, 0) is 10.0 Å². The van der Waals surface area contributed by atoms with E-state index in [2.05, 4.69) is 4.98 Å². The third-order valence-corrected chi connectivity index (χ3v) is 7.77. The summed E-state index contributed by atoms with van der Waals surface area (Å²) in [6.07, 6.45) is 3.93. The van der Waals surface area contributed by atoms with Gasteiger partial charge in [-0.1, -0.05) is 29.8 Å². The fourth-order valence-corrected chi connectivity index (χ4v) is 5.93. The van der Waals surface area contributed by atoms with E-state index in [1.165, 1.54) is 0 Å². The Kier molecular flexibility index (Phi) is 5.78. The lowest BCUT2D eigenvalue weighted by molar-refractivity contribution is 0.426. The molecule has 1 aromatic heterocycles. The van der Waals surface area contributed by atoms with Crippen LogP contribution in [-0.4, -0.2) is 41.1 Å². The average Bonchev–Trinajstić information content (AvgIpc) is 2.95. The summed E-state index contributed by atoms with van der Waals surface area (Å²) in [5.74, 6) is 0.736. The molecule has 2 aromatic rings. The van der Waals surface area contributed by atoms with Gasteiger partial charge in [0.2, 0.25) is 0 Å². The van der Waals surface area contributed by atoms with Gasteiger partial charge in [-0.15, -0.1) is 0 Å². The van der Waals surface area contributed by atoms with Gasteiger partial charge in [-0.25, -0.2) is 13.4 Å². The Morgan fingerprint density at radius 1 is 1.28 bits per heavy atom. The molecule has 2 heterocycles. The highest BCUT2D eigenvalue weighted by atomic mass is 35.5. The highest BCUT2D eigenvalue weighted by Crippen LogP contribution is 2.38. The van der Waals surface area contributed by atoms with Crippen LogP contribution in [0.1, 0.15) is 37.1 Å². The van der Waals surface area contributed by atoms with E-state index in [9.17, 15) is 8.42 Å². The van der Waals surface area contributed by atoms with Gasteiger partial charge in [0.1, 0.15) is 0 Å². The average molecular weight is 400 g/mol. The maximum atomic E-state index is 12.9. The molecule has 0 aliphatic carbocycles. The molecule has 1 saturated heterocycles. The quantitative estimate of drug-likeness (QED) is 0.780. The first-order valence-electron chi connectivity index (χ1n) is 8.29. The number of nitrogens with zero attached hydrogens (tertiary/aromatic N) is 3. The second-order valence-corrected chi connectivity index (χ2v) is 9.93. The number of hydrogen-bond donors (Lipinski definition) is 0. The fourth-order valence-electron chi connectivity index (χ4n) is 2.84. The second kappa shape index (κ2) is 7.70. The van der Waals surface area contributed by atoms with Crippen molar-refractivity contribution in [2.75, 3.05) is 18.8 Å². The lowest BCUT2D eigenvalue weighted by atomic mass is 10.1. The molecule has 136 valence electrons. The van der Waals surface area contributed by atoms with Gasteiger partial charge in [-0.05, 0) is 31.9 Å². The molecule has 1 aliphatic rings. The van der Waals surface area contributed by atoms with Crippen molar-refractivity contribution in [1.29, 1.82) is 0 Å². The molecule has 0 radical (unpaired) electrons. The van der Waals surface area contributed by atoms with Crippen LogP contribution in [0.3, 0.4) is 0 Å². The zero-order valence-electron chi connectivity index (χ0n) is 14.3. The van der Waals surface area contributed by atoms with Crippen molar-refractivity contribution in [3.8, 4) is 0 Å². The van der Waals surface area contributed by atoms with Crippen LogP contribution in [0.5, 0.6) is 0 Å². The van der Waals surface area contributed by atoms with Crippen molar-refractivity contribution in [3.05, 3.63) is 47.4 Å². The molecule has 0 spiro atoms. The van der Waals surface area contributed by atoms with Gasteiger partial charge >= 0.3 is 0 Å². The maximum Gasteiger partial charge on any atom is 0.262 e. The van der Waals surface area contributed by atoms with Crippen LogP contribution in [0.4, 0.5) is 0 Å². The van der Waals surface area contributed by atoms with E-state index in [4.69, 9.17) is 11.6 Å². The van der Waals surface area contributed by atoms with Crippen molar-refractivity contribution in [2.45, 2.75) is 36.6 Å². The summed E-state index contributed by atoms with van der Waals surface area (Å²) in [5, 5.41) is 1.08. The van der Waals surface area contributed by atoms with E-state index in [0.717, 1.165) is 22.8 Å². The van der Waals surface area contributed by atoms with Crippen LogP contribution in [0, 0.1) is 0 Å². The SMILES string of the molecule is CC(C)n1cnc(S(=O)(=O)N2CCSC(c3ccccc3Cl)CC2)c1. The second-order valence-electron chi connectivity index (χ2n) is 6.33. The van der Waals surface area contributed by atoms with Crippen molar-refractivity contribution >= 4 is 33.4 Å². The van der Waals surface area contributed by atoms with Crippen LogP contribution in [0.15, 0.2) is 41.8 Å². The molecule has 8 heteroatoms. The summed E-state index contributed by atoms with van der Waals surface area (Å²) in [6, 6.07) is 7.97. The normalized spacial score (nSPS) is 19.9. The Morgan fingerprint density at radius 2 is 2.04 bits per heavy atom. The number of imidazole rings is 1. The molecule has 1 fully saturated rings. The maximum absolute atomic E-state index is 12.9. The van der Waals surface area contributed by atoms with Crippen LogP contribution >= 0.6 is 23.4 Å². The molecule has 0 bridgehead atoms. The zero-order chi connectivity index (χ0) is 18.0. The largest absolute Gasteiger partial charge is 0.334 e. The summed E-state index contributed by atoms with van der Waals surface area (Å²) >= 11 is 8.07. The molecule has 1 unspecified atom stereocenters. The summed E-state index contributed by atoms with van der Waals surface area (Å²) in [5.41, 5.74) is 1.08. The molecule has 25 heavy (non-hydrogen) atoms. The highest BCUT2D eigenvalue weighted by molar-refractivity contribution is 7.99. The molecular formula is C17H22ClN3O2S2. The van der Waals surface area contributed by atoms with Gasteiger partial charge in [0.15, 0.2) is 5.03 Å². The van der Waals surface area contributed by atoms with Gasteiger partial charge in [0.25, 0.3) is 10.0 Å². The minimum absolute atomic E-state index is 0.127. The molecule has 1 aliphatic heterocycles. The van der Waals surface area contributed by atoms with Gasteiger partial charge < -0.3 is 4.57 Å². The highest BCUT2D eigenvalue weighted by Gasteiger charge is 2.30. The number of aromatic nitrogens is 2. The minimum atomic E-state index is -3.56. The fraction of sp³-hybridized carbons (Fsp3) is 0.471. The van der Waals surface area contributed by atoms with Gasteiger partial charge in [-0.2, -0.15) is 16.1 Å². The predicted octanol–water partition coefficient (Wildman–Crippen LogP) is 3.99. The summed E-state index contributed by atoms with van der Waals surface area (Å²) in [6.45, 7) is 4.95. The van der Waals surface area contributed by atoms with E-state index < -0.39 is 10.0 Å². The molecule has 0 N–H and O–H groups in total. The number of benzene rings is 1. The Hall–Kier alpha value is -1.02. The lowest BCUT2D eigenvalue weighted by Gasteiger charge is -2.19. The summed E-state index contributed by atoms with van der Waals surface area (Å²) < 4.78 is 29.2. The summed E-state index contributed by atoms with van der Waals surface area (Å²) in [4.78, 5) is 4.11. The van der Waals surface area contributed by atoms with Gasteiger partial charge in [0, 0.05) is 41.4 Å². The smallest absolute Gasteiger partial charge is 0.262 e. The van der Waals surface area contributed by atoms with E-state index in [1.807, 2.05) is 42.7 Å². The standard InChI is InChI=1S/C17H22ClN3O2S2/c1-13(2)20-11-17(19-12-20)25(22,23)21-8-7-16(24-10-9-21)14-5-3-4-6-15(14)18/h3-6,11-13,16H,7-10H2,1-2H3. The first kappa shape index (κ1) is 18.8. The van der Waals surface area contributed by atoms with E-state index in [1.54, 1.807) is 28.6 Å². The first-order valence-corrected chi connectivity index (χ1v) is 11.2. The Balaban J connectivity index is 1.77. The van der Waals surface area contributed by atoms with Crippen molar-refractivity contribution < 1.29 is 8.42 Å². The number of rotatable bonds is 4. The molecule has 5 nitrogen and oxygen atoms in total. The minimum Gasteiger partial charge on any atom is -0.334 e. The molecule has 0 saturated carbocycles. The van der Waals surface area contributed by atoms with Crippen LogP contribution < -0.4 is 0 Å². The Labute approximate surface area is 158 Å². The van der Waals surface area contributed by atoms with Gasteiger partial charge in [0.05, 0.1) is 6.33 Å². The Bertz CT molecular complexity index is 836. The first-order chi connectivity index (χ1) is 11.9. The third kappa shape index (κ3) is 4.05. The van der Waals surface area contributed by atoms with Crippen molar-refractivity contribution in [3.63, 3.8) is 0 Å². The van der Waals surface area contributed by atoms with Crippen LogP contribution in [0.25, 0.3) is 0 Å². The molecular weight excluding hydrogens is 378 g/mol. The van der Waals surface area contributed by atoms with E-state index in [-0.39, 0.29) is 16.3 Å². The third-order valence-electron chi connectivity index (χ3n) is 4.33. The van der Waals surface area contributed by atoms with E-state index in [0.29, 0.717) is 13.1 Å². The van der Waals surface area contributed by atoms with Crippen molar-refractivity contribution in [1.82, 2.24) is 13.9 Å². The zero-order valence-corrected chi connectivity index (χ0v) is 16.7. The Morgan fingerprint density at radius 3 is 2.72 bits per heavy atom. The number of thioether (sulfide) groups is 1. The number of halogens is 1. The lowest BCUT2D eigenvalue weighted by Crippen LogP contribution is -2.33. The van der Waals surface area contributed by atoms with Gasteiger partial charge in [-0.3, -0.25) is 0 Å². The monoisotopic (exact) mass is 399 g/mol. The topological polar surface area (TPSA) is 55.2 Å².